The van der Waals surface area contributed by atoms with Crippen LogP contribution in [0.5, 0.6) is 0 Å². The van der Waals surface area contributed by atoms with Gasteiger partial charge in [-0.1, -0.05) is 6.92 Å². The third kappa shape index (κ3) is 2.34. The molecule has 0 aliphatic carbocycles. The fourth-order valence-electron chi connectivity index (χ4n) is 1.47. The number of hydrogen-bond donors (Lipinski definition) is 0. The predicted octanol–water partition coefficient (Wildman–Crippen LogP) is 2.65. The van der Waals surface area contributed by atoms with Crippen LogP contribution in [0.4, 0.5) is 0 Å². The fourth-order valence-corrected chi connectivity index (χ4v) is 1.76. The summed E-state index contributed by atoms with van der Waals surface area (Å²) in [4.78, 5) is 11.5. The van der Waals surface area contributed by atoms with Crippen molar-refractivity contribution in [1.29, 1.82) is 5.26 Å². The van der Waals surface area contributed by atoms with E-state index in [2.05, 4.69) is 4.74 Å². The van der Waals surface area contributed by atoms with E-state index in [0.717, 1.165) is 12.0 Å². The van der Waals surface area contributed by atoms with E-state index in [0.29, 0.717) is 16.7 Å². The van der Waals surface area contributed by atoms with Gasteiger partial charge >= 0.3 is 5.97 Å². The van der Waals surface area contributed by atoms with E-state index >= 15 is 0 Å². The zero-order valence-corrected chi connectivity index (χ0v) is 9.97. The van der Waals surface area contributed by atoms with Gasteiger partial charge in [0.25, 0.3) is 0 Å². The average molecular weight is 238 g/mol. The number of methoxy groups -OCH3 is 1. The van der Waals surface area contributed by atoms with E-state index < -0.39 is 5.97 Å². The molecule has 0 unspecified atom stereocenters. The second-order valence-corrected chi connectivity index (χ2v) is 3.53. The number of alkyl halides is 1. The molecule has 0 atom stereocenters. The Hall–Kier alpha value is -1.53. The molecular weight excluding hydrogens is 226 g/mol. The maximum atomic E-state index is 11.5. The molecule has 1 aromatic carbocycles. The summed E-state index contributed by atoms with van der Waals surface area (Å²) in [6.45, 7) is 1.96. The Bertz CT molecular complexity index is 449. The van der Waals surface area contributed by atoms with Gasteiger partial charge in [0.15, 0.2) is 0 Å². The third-order valence-electron chi connectivity index (χ3n) is 2.38. The van der Waals surface area contributed by atoms with Crippen LogP contribution in [-0.4, -0.2) is 13.1 Å². The van der Waals surface area contributed by atoms with Crippen LogP contribution in [-0.2, 0) is 17.0 Å². The molecule has 0 aromatic heterocycles. The Morgan fingerprint density at radius 3 is 2.69 bits per heavy atom. The molecule has 0 spiro atoms. The Morgan fingerprint density at radius 2 is 2.25 bits per heavy atom. The first-order chi connectivity index (χ1) is 7.67. The first-order valence-corrected chi connectivity index (χ1v) is 5.41. The summed E-state index contributed by atoms with van der Waals surface area (Å²) < 4.78 is 4.67. The number of nitriles is 1. The smallest absolute Gasteiger partial charge is 0.338 e. The molecule has 16 heavy (non-hydrogen) atoms. The van der Waals surface area contributed by atoms with Crippen LogP contribution >= 0.6 is 11.6 Å². The predicted molar refractivity (Wildman–Crippen MR) is 61.4 cm³/mol. The number of halogens is 1. The third-order valence-corrected chi connectivity index (χ3v) is 2.64. The van der Waals surface area contributed by atoms with Crippen LogP contribution in [0.25, 0.3) is 0 Å². The van der Waals surface area contributed by atoms with Crippen molar-refractivity contribution in [3.05, 3.63) is 34.4 Å². The lowest BCUT2D eigenvalue weighted by molar-refractivity contribution is 0.0599. The minimum atomic E-state index is -0.456. The molecule has 0 aliphatic heterocycles. The number of carbonyl (C=O) groups excluding carboxylic acids is 1. The van der Waals surface area contributed by atoms with E-state index in [1.807, 2.05) is 13.0 Å². The zero-order valence-electron chi connectivity index (χ0n) is 9.21. The van der Waals surface area contributed by atoms with Crippen molar-refractivity contribution in [3.8, 4) is 6.07 Å². The van der Waals surface area contributed by atoms with Crippen molar-refractivity contribution in [3.63, 3.8) is 0 Å². The number of ether oxygens (including phenoxy) is 1. The molecule has 0 saturated heterocycles. The highest BCUT2D eigenvalue weighted by atomic mass is 35.5. The van der Waals surface area contributed by atoms with Crippen molar-refractivity contribution >= 4 is 17.6 Å². The SMILES string of the molecule is CCc1cc(C#N)c(CCl)c(C(=O)OC)c1. The molecule has 1 aromatic rings. The number of rotatable bonds is 3. The van der Waals surface area contributed by atoms with Gasteiger partial charge in [0.2, 0.25) is 0 Å². The van der Waals surface area contributed by atoms with Gasteiger partial charge in [-0.2, -0.15) is 5.26 Å². The van der Waals surface area contributed by atoms with Crippen molar-refractivity contribution in [2.24, 2.45) is 0 Å². The molecule has 3 nitrogen and oxygen atoms in total. The van der Waals surface area contributed by atoms with Crippen LogP contribution < -0.4 is 0 Å². The van der Waals surface area contributed by atoms with Gasteiger partial charge in [-0.15, -0.1) is 11.6 Å². The quantitative estimate of drug-likeness (QED) is 0.600. The molecular formula is C12H12ClNO2. The zero-order chi connectivity index (χ0) is 12.1. The Balaban J connectivity index is 3.44. The van der Waals surface area contributed by atoms with Gasteiger partial charge in [-0.05, 0) is 29.7 Å². The largest absolute Gasteiger partial charge is 0.465 e. The van der Waals surface area contributed by atoms with Crippen LogP contribution in [0.1, 0.15) is 34.0 Å². The van der Waals surface area contributed by atoms with Crippen LogP contribution in [0.15, 0.2) is 12.1 Å². The Morgan fingerprint density at radius 1 is 1.56 bits per heavy atom. The van der Waals surface area contributed by atoms with Crippen molar-refractivity contribution in [2.45, 2.75) is 19.2 Å². The highest BCUT2D eigenvalue weighted by Gasteiger charge is 2.16. The second-order valence-electron chi connectivity index (χ2n) is 3.26. The topological polar surface area (TPSA) is 50.1 Å². The molecule has 1 rings (SSSR count). The summed E-state index contributed by atoms with van der Waals surface area (Å²) in [7, 11) is 1.31. The molecule has 0 heterocycles. The lowest BCUT2D eigenvalue weighted by Gasteiger charge is -2.09. The standard InChI is InChI=1S/C12H12ClNO2/c1-3-8-4-9(7-14)11(6-13)10(5-8)12(15)16-2/h4-5H,3,6H2,1-2H3. The van der Waals surface area contributed by atoms with Gasteiger partial charge in [0.1, 0.15) is 0 Å². The Kier molecular flexibility index (Phi) is 4.33. The summed E-state index contributed by atoms with van der Waals surface area (Å²) in [6.07, 6.45) is 0.751. The van der Waals surface area contributed by atoms with Crippen molar-refractivity contribution in [2.75, 3.05) is 7.11 Å². The van der Waals surface area contributed by atoms with Gasteiger partial charge in [0.05, 0.1) is 24.3 Å². The van der Waals surface area contributed by atoms with Crippen molar-refractivity contribution in [1.82, 2.24) is 0 Å². The van der Waals surface area contributed by atoms with E-state index in [1.165, 1.54) is 7.11 Å². The van der Waals surface area contributed by atoms with Gasteiger partial charge in [-0.3, -0.25) is 0 Å². The second kappa shape index (κ2) is 5.53. The molecule has 0 saturated carbocycles. The molecule has 0 aliphatic rings. The van der Waals surface area contributed by atoms with Crippen LogP contribution in [0.2, 0.25) is 0 Å². The molecule has 0 amide bonds. The van der Waals surface area contributed by atoms with Gasteiger partial charge in [-0.25, -0.2) is 4.79 Å². The fraction of sp³-hybridized carbons (Fsp3) is 0.333. The van der Waals surface area contributed by atoms with E-state index in [9.17, 15) is 4.79 Å². The average Bonchev–Trinajstić information content (AvgIpc) is 2.35. The summed E-state index contributed by atoms with van der Waals surface area (Å²) in [5.41, 5.74) is 2.28. The summed E-state index contributed by atoms with van der Waals surface area (Å²) >= 11 is 5.75. The van der Waals surface area contributed by atoms with Gasteiger partial charge in [0, 0.05) is 5.88 Å². The molecule has 4 heteroatoms. The van der Waals surface area contributed by atoms with Crippen molar-refractivity contribution < 1.29 is 9.53 Å². The summed E-state index contributed by atoms with van der Waals surface area (Å²) in [5.74, 6) is -0.334. The van der Waals surface area contributed by atoms with Gasteiger partial charge < -0.3 is 4.74 Å². The normalized spacial score (nSPS) is 9.62. The number of hydrogen-bond acceptors (Lipinski definition) is 3. The molecule has 0 bridgehead atoms. The molecule has 84 valence electrons. The number of aryl methyl sites for hydroxylation is 1. The summed E-state index contributed by atoms with van der Waals surface area (Å²) in [6, 6.07) is 5.53. The number of nitrogens with zero attached hydrogens (tertiary/aromatic N) is 1. The molecule has 0 fully saturated rings. The number of carbonyl (C=O) groups is 1. The van der Waals surface area contributed by atoms with Crippen LogP contribution in [0, 0.1) is 11.3 Å². The summed E-state index contributed by atoms with van der Waals surface area (Å²) in [5, 5.41) is 8.99. The maximum absolute atomic E-state index is 11.5. The Labute approximate surface area is 99.6 Å². The van der Waals surface area contributed by atoms with E-state index in [1.54, 1.807) is 12.1 Å². The lowest BCUT2D eigenvalue weighted by Crippen LogP contribution is -2.07. The minimum Gasteiger partial charge on any atom is -0.465 e. The van der Waals surface area contributed by atoms with Crippen LogP contribution in [0.3, 0.4) is 0 Å². The van der Waals surface area contributed by atoms with E-state index in [-0.39, 0.29) is 5.88 Å². The highest BCUT2D eigenvalue weighted by molar-refractivity contribution is 6.18. The molecule has 0 N–H and O–H groups in total. The first kappa shape index (κ1) is 12.5. The monoisotopic (exact) mass is 237 g/mol. The minimum absolute atomic E-state index is 0.122. The number of benzene rings is 1. The highest BCUT2D eigenvalue weighted by Crippen LogP contribution is 2.20. The maximum Gasteiger partial charge on any atom is 0.338 e. The molecule has 0 radical (unpaired) electrons. The first-order valence-electron chi connectivity index (χ1n) is 4.88. The van der Waals surface area contributed by atoms with E-state index in [4.69, 9.17) is 16.9 Å². The number of esters is 1. The lowest BCUT2D eigenvalue weighted by atomic mass is 9.98.